The van der Waals surface area contributed by atoms with Gasteiger partial charge in [-0.25, -0.2) is 9.78 Å². The van der Waals surface area contributed by atoms with Gasteiger partial charge in [0.05, 0.1) is 24.8 Å². The largest absolute Gasteiger partial charge is 0.451 e. The van der Waals surface area contributed by atoms with Crippen LogP contribution in [0.4, 0.5) is 17.5 Å². The number of carbonyl (C=O) groups is 3. The van der Waals surface area contributed by atoms with Crippen LogP contribution in [-0.2, 0) is 15.1 Å². The van der Waals surface area contributed by atoms with Gasteiger partial charge in [-0.2, -0.15) is 4.98 Å². The van der Waals surface area contributed by atoms with E-state index in [1.807, 2.05) is 44.2 Å². The van der Waals surface area contributed by atoms with Gasteiger partial charge in [0.15, 0.2) is 5.78 Å². The smallest absolute Gasteiger partial charge is 0.339 e. The average molecular weight is 516 g/mol. The minimum absolute atomic E-state index is 0.00609. The molecular weight excluding hydrogens is 486 g/mol. The number of fused-ring (bicyclic) bond motifs is 1. The number of ether oxygens (including phenoxy) is 1. The Balaban J connectivity index is 1.42. The Morgan fingerprint density at radius 2 is 1.92 bits per heavy atom. The molecule has 0 spiro atoms. The minimum Gasteiger partial charge on any atom is -0.451 e. The molecular formula is C28H29N5O5. The van der Waals surface area contributed by atoms with Crippen LogP contribution in [0.2, 0.25) is 0 Å². The van der Waals surface area contributed by atoms with Crippen molar-refractivity contribution in [2.24, 2.45) is 5.92 Å². The molecule has 0 unspecified atom stereocenters. The Bertz CT molecular complexity index is 1390. The van der Waals surface area contributed by atoms with Crippen LogP contribution in [0, 0.1) is 5.92 Å². The number of ketones is 1. The van der Waals surface area contributed by atoms with Crippen LogP contribution in [-0.4, -0.2) is 45.9 Å². The molecule has 3 aromatic rings. The fourth-order valence-corrected chi connectivity index (χ4v) is 4.38. The van der Waals surface area contributed by atoms with Gasteiger partial charge in [0.1, 0.15) is 17.0 Å². The van der Waals surface area contributed by atoms with Gasteiger partial charge < -0.3 is 25.8 Å². The van der Waals surface area contributed by atoms with Crippen LogP contribution < -0.4 is 16.0 Å². The number of aliphatic hydroxyl groups excluding tert-OH is 1. The van der Waals surface area contributed by atoms with Gasteiger partial charge >= 0.3 is 5.97 Å². The Kier molecular flexibility index (Phi) is 6.81. The van der Waals surface area contributed by atoms with E-state index in [0.29, 0.717) is 11.3 Å². The zero-order valence-electron chi connectivity index (χ0n) is 21.2. The second kappa shape index (κ2) is 10.2. The van der Waals surface area contributed by atoms with E-state index in [0.717, 1.165) is 24.0 Å². The van der Waals surface area contributed by atoms with E-state index in [2.05, 4.69) is 25.9 Å². The average Bonchev–Trinajstić information content (AvgIpc) is 3.73. The molecule has 0 saturated heterocycles. The highest BCUT2D eigenvalue weighted by molar-refractivity contribution is 6.01. The number of aliphatic hydroxyl groups is 1. The molecule has 10 nitrogen and oxygen atoms in total. The molecule has 1 aromatic heterocycles. The number of Topliss-reactive ketones (excluding diaryl/α,β-unsaturated/α-hetero) is 1. The summed E-state index contributed by atoms with van der Waals surface area (Å²) in [6.07, 6.45) is 3.10. The van der Waals surface area contributed by atoms with Crippen LogP contribution >= 0.6 is 0 Å². The summed E-state index contributed by atoms with van der Waals surface area (Å²) >= 11 is 0. The first kappa shape index (κ1) is 25.3. The normalized spacial score (nSPS) is 16.2. The van der Waals surface area contributed by atoms with Crippen LogP contribution in [0.25, 0.3) is 0 Å². The van der Waals surface area contributed by atoms with E-state index in [9.17, 15) is 19.5 Å². The number of amides is 1. The van der Waals surface area contributed by atoms with Crippen molar-refractivity contribution >= 4 is 35.1 Å². The van der Waals surface area contributed by atoms with Crippen LogP contribution in [0.5, 0.6) is 0 Å². The molecule has 196 valence electrons. The number of benzene rings is 2. The molecule has 2 aliphatic rings. The van der Waals surface area contributed by atoms with Gasteiger partial charge in [0.25, 0.3) is 5.91 Å². The second-order valence-electron chi connectivity index (χ2n) is 9.95. The maximum absolute atomic E-state index is 13.0. The molecule has 1 fully saturated rings. The topological polar surface area (TPSA) is 143 Å². The highest BCUT2D eigenvalue weighted by Crippen LogP contribution is 2.37. The van der Waals surface area contributed by atoms with Crippen molar-refractivity contribution in [1.82, 2.24) is 15.3 Å². The number of hydrogen-bond donors (Lipinski definition) is 4. The molecule has 1 saturated carbocycles. The first-order valence-corrected chi connectivity index (χ1v) is 12.5. The summed E-state index contributed by atoms with van der Waals surface area (Å²) < 4.78 is 5.44. The predicted molar refractivity (Wildman–Crippen MR) is 140 cm³/mol. The summed E-state index contributed by atoms with van der Waals surface area (Å²) in [5, 5.41) is 19.0. The van der Waals surface area contributed by atoms with Gasteiger partial charge in [-0.3, -0.25) is 9.59 Å². The first-order valence-electron chi connectivity index (χ1n) is 12.5. The van der Waals surface area contributed by atoms with Gasteiger partial charge in [-0.1, -0.05) is 30.3 Å². The number of hydrogen-bond acceptors (Lipinski definition) is 9. The Morgan fingerprint density at radius 1 is 1.16 bits per heavy atom. The van der Waals surface area contributed by atoms with Gasteiger partial charge in [0.2, 0.25) is 5.95 Å². The lowest BCUT2D eigenvalue weighted by atomic mass is 9.95. The number of cyclic esters (lactones) is 1. The zero-order valence-corrected chi connectivity index (χ0v) is 21.2. The fourth-order valence-electron chi connectivity index (χ4n) is 4.38. The summed E-state index contributed by atoms with van der Waals surface area (Å²) in [6, 6.07) is 14.0. The third-order valence-corrected chi connectivity index (χ3v) is 6.68. The van der Waals surface area contributed by atoms with Crippen LogP contribution in [0.3, 0.4) is 0 Å². The number of carbonyl (C=O) groups excluding carboxylic acids is 3. The molecule has 2 aromatic carbocycles. The zero-order chi connectivity index (χ0) is 26.9. The Labute approximate surface area is 219 Å². The lowest BCUT2D eigenvalue weighted by Crippen LogP contribution is -2.31. The van der Waals surface area contributed by atoms with Gasteiger partial charge in [0, 0.05) is 23.4 Å². The Morgan fingerprint density at radius 3 is 2.63 bits per heavy atom. The van der Waals surface area contributed by atoms with Crippen LogP contribution in [0.1, 0.15) is 64.6 Å². The van der Waals surface area contributed by atoms with E-state index in [1.165, 1.54) is 6.20 Å². The molecule has 4 N–H and O–H groups in total. The standard InChI is InChI=1S/C28H29N5O5/c1-28(2)21-12-18(10-11-19(21)26(37)38-28)31-27-30-13-20(25(36)29-14-23(35)17-8-9-17)24(33-27)32-22(15-34)16-6-4-3-5-7-16/h3-7,10-13,17,22,34H,8-9,14-15H2,1-2H3,(H,29,36)(H2,30,31,32,33)/t22-/m1/s1. The molecule has 0 radical (unpaired) electrons. The first-order chi connectivity index (χ1) is 18.2. The lowest BCUT2D eigenvalue weighted by Gasteiger charge is -2.20. The maximum Gasteiger partial charge on any atom is 0.339 e. The van der Waals surface area contributed by atoms with Crippen molar-refractivity contribution in [2.75, 3.05) is 23.8 Å². The summed E-state index contributed by atoms with van der Waals surface area (Å²) in [7, 11) is 0. The fraction of sp³-hybridized carbons (Fsp3) is 0.321. The molecule has 1 aliphatic carbocycles. The minimum atomic E-state index is -0.762. The highest BCUT2D eigenvalue weighted by Gasteiger charge is 2.37. The molecule has 10 heteroatoms. The van der Waals surface area contributed by atoms with Crippen molar-refractivity contribution < 1.29 is 24.2 Å². The molecule has 0 bridgehead atoms. The van der Waals surface area contributed by atoms with Crippen molar-refractivity contribution in [3.8, 4) is 0 Å². The third kappa shape index (κ3) is 5.35. The lowest BCUT2D eigenvalue weighted by molar-refractivity contribution is -0.119. The monoisotopic (exact) mass is 515 g/mol. The molecule has 5 rings (SSSR count). The Hall–Kier alpha value is -4.31. The maximum atomic E-state index is 13.0. The second-order valence-corrected chi connectivity index (χ2v) is 9.95. The number of aromatic nitrogens is 2. The summed E-state index contributed by atoms with van der Waals surface area (Å²) in [5.41, 5.74) is 2.07. The molecule has 2 heterocycles. The number of esters is 1. The molecule has 1 aliphatic heterocycles. The van der Waals surface area contributed by atoms with Crippen molar-refractivity contribution in [2.45, 2.75) is 38.3 Å². The van der Waals surface area contributed by atoms with Gasteiger partial charge in [-0.15, -0.1) is 0 Å². The van der Waals surface area contributed by atoms with E-state index < -0.39 is 17.6 Å². The number of rotatable bonds is 10. The summed E-state index contributed by atoms with van der Waals surface area (Å²) in [4.78, 5) is 46.1. The summed E-state index contributed by atoms with van der Waals surface area (Å²) in [6.45, 7) is 3.33. The van der Waals surface area contributed by atoms with Crippen LogP contribution in [0.15, 0.2) is 54.7 Å². The quantitative estimate of drug-likeness (QED) is 0.298. The highest BCUT2D eigenvalue weighted by atomic mass is 16.6. The van der Waals surface area contributed by atoms with Crippen molar-refractivity contribution in [3.05, 3.63) is 77.0 Å². The van der Waals surface area contributed by atoms with E-state index >= 15 is 0 Å². The number of anilines is 3. The molecule has 38 heavy (non-hydrogen) atoms. The van der Waals surface area contributed by atoms with Crippen molar-refractivity contribution in [3.63, 3.8) is 0 Å². The van der Waals surface area contributed by atoms with E-state index in [-0.39, 0.29) is 48.2 Å². The van der Waals surface area contributed by atoms with Gasteiger partial charge in [-0.05, 0) is 50.5 Å². The SMILES string of the molecule is CC1(C)OC(=O)c2ccc(Nc3ncc(C(=O)NCC(=O)C4CC4)c(N[C@H](CO)c4ccccc4)n3)cc21. The predicted octanol–water partition coefficient (Wildman–Crippen LogP) is 3.48. The van der Waals surface area contributed by atoms with E-state index in [4.69, 9.17) is 4.74 Å². The third-order valence-electron chi connectivity index (χ3n) is 6.68. The molecule has 1 atom stereocenters. The molecule has 1 amide bonds. The number of nitrogens with one attached hydrogen (secondary N) is 3. The van der Waals surface area contributed by atoms with Crippen molar-refractivity contribution in [1.29, 1.82) is 0 Å². The number of nitrogens with zero attached hydrogens (tertiary/aromatic N) is 2. The van der Waals surface area contributed by atoms with E-state index in [1.54, 1.807) is 18.2 Å². The summed E-state index contributed by atoms with van der Waals surface area (Å²) in [5.74, 6) is -0.428.